The number of hydrogen-bond donors (Lipinski definition) is 1. The van der Waals surface area contributed by atoms with Gasteiger partial charge in [-0.1, -0.05) is 11.6 Å². The van der Waals surface area contributed by atoms with Crippen LogP contribution in [0.2, 0.25) is 5.02 Å². The first-order valence-electron chi connectivity index (χ1n) is 5.32. The fraction of sp³-hybridized carbons (Fsp3) is 0.308. The molecule has 0 aromatic heterocycles. The van der Waals surface area contributed by atoms with Crippen molar-refractivity contribution >= 4 is 39.1 Å². The summed E-state index contributed by atoms with van der Waals surface area (Å²) in [7, 11) is 0. The van der Waals surface area contributed by atoms with E-state index < -0.39 is 0 Å². The average molecular weight is 315 g/mol. The number of terminal acetylenes is 1. The van der Waals surface area contributed by atoms with E-state index in [1.807, 2.05) is 0 Å². The first kappa shape index (κ1) is 14.1. The number of halogens is 2. The van der Waals surface area contributed by atoms with Crippen molar-refractivity contribution in [3.05, 3.63) is 27.7 Å². The van der Waals surface area contributed by atoms with Crippen LogP contribution in [0.3, 0.4) is 0 Å². The zero-order valence-electron chi connectivity index (χ0n) is 9.30. The first-order valence-corrected chi connectivity index (χ1v) is 6.49. The van der Waals surface area contributed by atoms with Crippen LogP contribution < -0.4 is 5.32 Å². The predicted molar refractivity (Wildman–Crippen MR) is 75.1 cm³/mol. The Labute approximate surface area is 115 Å². The topological polar surface area (TPSA) is 29.1 Å². The Balaban J connectivity index is 2.45. The van der Waals surface area contributed by atoms with Gasteiger partial charge in [-0.2, -0.15) is 0 Å². The number of unbranched alkanes of at least 4 members (excludes halogenated alkanes) is 2. The third-order valence-electron chi connectivity index (χ3n) is 2.18. The summed E-state index contributed by atoms with van der Waals surface area (Å²) in [5.41, 5.74) is 0.694. The molecule has 0 aliphatic heterocycles. The number of nitrogens with one attached hydrogen (secondary N) is 1. The highest BCUT2D eigenvalue weighted by atomic mass is 79.9. The maximum absolute atomic E-state index is 11.6. The van der Waals surface area contributed by atoms with Crippen LogP contribution >= 0.6 is 27.5 Å². The van der Waals surface area contributed by atoms with Crippen molar-refractivity contribution < 1.29 is 4.79 Å². The molecule has 4 heteroatoms. The summed E-state index contributed by atoms with van der Waals surface area (Å²) in [4.78, 5) is 11.6. The summed E-state index contributed by atoms with van der Waals surface area (Å²) in [6.07, 6.45) is 8.00. The van der Waals surface area contributed by atoms with Gasteiger partial charge < -0.3 is 5.32 Å². The van der Waals surface area contributed by atoms with Crippen molar-refractivity contribution in [3.63, 3.8) is 0 Å². The Morgan fingerprint density at radius 2 is 2.24 bits per heavy atom. The molecule has 1 rings (SSSR count). The fourth-order valence-electron chi connectivity index (χ4n) is 1.32. The normalized spacial score (nSPS) is 9.71. The lowest BCUT2D eigenvalue weighted by Gasteiger charge is -2.07. The van der Waals surface area contributed by atoms with Crippen LogP contribution in [-0.4, -0.2) is 5.91 Å². The third kappa shape index (κ3) is 5.25. The van der Waals surface area contributed by atoms with E-state index in [0.29, 0.717) is 23.6 Å². The number of benzene rings is 1. The highest BCUT2D eigenvalue weighted by molar-refractivity contribution is 9.10. The molecule has 17 heavy (non-hydrogen) atoms. The van der Waals surface area contributed by atoms with Crippen molar-refractivity contribution in [1.82, 2.24) is 0 Å². The summed E-state index contributed by atoms with van der Waals surface area (Å²) in [5.74, 6) is 2.53. The molecule has 0 aliphatic rings. The SMILES string of the molecule is C#CCCCCC(=O)Nc1cc(Cl)ccc1Br. The van der Waals surface area contributed by atoms with Gasteiger partial charge in [-0.05, 0) is 47.0 Å². The summed E-state index contributed by atoms with van der Waals surface area (Å²) in [5, 5.41) is 3.40. The molecule has 1 N–H and O–H groups in total. The van der Waals surface area contributed by atoms with Crippen LogP contribution in [0.5, 0.6) is 0 Å². The number of rotatable bonds is 5. The maximum atomic E-state index is 11.6. The second-order valence-corrected chi connectivity index (χ2v) is 4.87. The number of hydrogen-bond acceptors (Lipinski definition) is 1. The van der Waals surface area contributed by atoms with Gasteiger partial charge in [0.15, 0.2) is 0 Å². The summed E-state index contributed by atoms with van der Waals surface area (Å²) >= 11 is 9.20. The molecule has 1 aromatic rings. The van der Waals surface area contributed by atoms with Crippen LogP contribution in [0, 0.1) is 12.3 Å². The molecule has 0 saturated heterocycles. The Morgan fingerprint density at radius 1 is 1.47 bits per heavy atom. The van der Waals surface area contributed by atoms with Gasteiger partial charge in [-0.3, -0.25) is 4.79 Å². The zero-order chi connectivity index (χ0) is 12.7. The van der Waals surface area contributed by atoms with E-state index in [1.165, 1.54) is 0 Å². The lowest BCUT2D eigenvalue weighted by atomic mass is 10.2. The van der Waals surface area contributed by atoms with Gasteiger partial charge in [-0.25, -0.2) is 0 Å². The van der Waals surface area contributed by atoms with Crippen LogP contribution in [0.15, 0.2) is 22.7 Å². The van der Waals surface area contributed by atoms with Crippen LogP contribution in [0.25, 0.3) is 0 Å². The molecule has 2 nitrogen and oxygen atoms in total. The Morgan fingerprint density at radius 3 is 2.94 bits per heavy atom. The van der Waals surface area contributed by atoms with Crippen LogP contribution in [-0.2, 0) is 4.79 Å². The monoisotopic (exact) mass is 313 g/mol. The van der Waals surface area contributed by atoms with Gasteiger partial charge >= 0.3 is 0 Å². The molecular formula is C13H13BrClNO. The minimum absolute atomic E-state index is 0.0232. The smallest absolute Gasteiger partial charge is 0.224 e. The predicted octanol–water partition coefficient (Wildman–Crippen LogP) is 4.23. The van der Waals surface area contributed by atoms with E-state index in [1.54, 1.807) is 18.2 Å². The van der Waals surface area contributed by atoms with E-state index in [-0.39, 0.29) is 5.91 Å². The molecule has 0 bridgehead atoms. The maximum Gasteiger partial charge on any atom is 0.224 e. The van der Waals surface area contributed by atoms with Gasteiger partial charge in [0.25, 0.3) is 0 Å². The van der Waals surface area contributed by atoms with E-state index in [0.717, 1.165) is 17.3 Å². The highest BCUT2D eigenvalue weighted by Crippen LogP contribution is 2.26. The molecular weight excluding hydrogens is 302 g/mol. The van der Waals surface area contributed by atoms with Gasteiger partial charge in [-0.15, -0.1) is 12.3 Å². The number of anilines is 1. The second kappa shape index (κ2) is 7.37. The first-order chi connectivity index (χ1) is 8.13. The summed E-state index contributed by atoms with van der Waals surface area (Å²) in [6.45, 7) is 0. The van der Waals surface area contributed by atoms with E-state index >= 15 is 0 Å². The van der Waals surface area contributed by atoms with E-state index in [2.05, 4.69) is 27.2 Å². The standard InChI is InChI=1S/C13H13BrClNO/c1-2-3-4-5-6-13(17)16-12-9-10(15)7-8-11(12)14/h1,7-9H,3-6H2,(H,16,17). The minimum atomic E-state index is -0.0232. The fourth-order valence-corrected chi connectivity index (χ4v) is 1.84. The van der Waals surface area contributed by atoms with Crippen molar-refractivity contribution in [2.45, 2.75) is 25.7 Å². The van der Waals surface area contributed by atoms with Gasteiger partial charge in [0.05, 0.1) is 5.69 Å². The Bertz CT molecular complexity index is 440. The molecule has 0 radical (unpaired) electrons. The minimum Gasteiger partial charge on any atom is -0.325 e. The summed E-state index contributed by atoms with van der Waals surface area (Å²) in [6, 6.07) is 5.27. The van der Waals surface area contributed by atoms with Gasteiger partial charge in [0.2, 0.25) is 5.91 Å². The van der Waals surface area contributed by atoms with Crippen molar-refractivity contribution in [3.8, 4) is 12.3 Å². The molecule has 0 spiro atoms. The summed E-state index contributed by atoms with van der Waals surface area (Å²) < 4.78 is 0.818. The number of amides is 1. The van der Waals surface area contributed by atoms with Gasteiger partial charge in [0.1, 0.15) is 0 Å². The van der Waals surface area contributed by atoms with Gasteiger partial charge in [0, 0.05) is 22.3 Å². The van der Waals surface area contributed by atoms with Crippen LogP contribution in [0.4, 0.5) is 5.69 Å². The zero-order valence-corrected chi connectivity index (χ0v) is 11.6. The Kier molecular flexibility index (Phi) is 6.10. The number of carbonyl (C=O) groups excluding carboxylic acids is 1. The largest absolute Gasteiger partial charge is 0.325 e. The lowest BCUT2D eigenvalue weighted by molar-refractivity contribution is -0.116. The molecule has 0 saturated carbocycles. The molecule has 0 fully saturated rings. The molecule has 1 aromatic carbocycles. The average Bonchev–Trinajstić information content (AvgIpc) is 2.29. The van der Waals surface area contributed by atoms with Crippen molar-refractivity contribution in [1.29, 1.82) is 0 Å². The third-order valence-corrected chi connectivity index (χ3v) is 3.10. The highest BCUT2D eigenvalue weighted by Gasteiger charge is 2.05. The van der Waals surface area contributed by atoms with Crippen molar-refractivity contribution in [2.24, 2.45) is 0 Å². The van der Waals surface area contributed by atoms with Crippen LogP contribution in [0.1, 0.15) is 25.7 Å². The molecule has 1 amide bonds. The van der Waals surface area contributed by atoms with Crippen molar-refractivity contribution in [2.75, 3.05) is 5.32 Å². The molecule has 0 unspecified atom stereocenters. The van der Waals surface area contributed by atoms with E-state index in [9.17, 15) is 4.79 Å². The quantitative estimate of drug-likeness (QED) is 0.639. The molecule has 90 valence electrons. The molecule has 0 aliphatic carbocycles. The Hall–Kier alpha value is -0.980. The van der Waals surface area contributed by atoms with E-state index in [4.69, 9.17) is 18.0 Å². The lowest BCUT2D eigenvalue weighted by Crippen LogP contribution is -2.11. The molecule has 0 atom stereocenters. The second-order valence-electron chi connectivity index (χ2n) is 3.58. The number of carbonyl (C=O) groups is 1. The molecule has 0 heterocycles.